The van der Waals surface area contributed by atoms with E-state index >= 15 is 0 Å². The minimum absolute atomic E-state index is 0.0138. The predicted molar refractivity (Wildman–Crippen MR) is 72.8 cm³/mol. The van der Waals surface area contributed by atoms with E-state index in [1.54, 1.807) is 0 Å². The smallest absolute Gasteiger partial charge is 0.228 e. The largest absolute Gasteiger partial charge is 0.397 e. The first-order chi connectivity index (χ1) is 8.65. The second kappa shape index (κ2) is 5.27. The quantitative estimate of drug-likeness (QED) is 0.679. The number of rotatable bonds is 5. The Morgan fingerprint density at radius 3 is 2.94 bits per heavy atom. The van der Waals surface area contributed by atoms with Crippen molar-refractivity contribution in [2.45, 2.75) is 19.8 Å². The number of nitrogens with two attached hydrogens (primary N) is 1. The van der Waals surface area contributed by atoms with Crippen LogP contribution in [0.2, 0.25) is 0 Å². The third kappa shape index (κ3) is 2.41. The van der Waals surface area contributed by atoms with Gasteiger partial charge in [-0.1, -0.05) is 0 Å². The Balaban J connectivity index is 2.27. The monoisotopic (exact) mass is 249 g/mol. The summed E-state index contributed by atoms with van der Waals surface area (Å²) in [4.78, 5) is 13.4. The van der Waals surface area contributed by atoms with Crippen molar-refractivity contribution in [1.82, 2.24) is 0 Å². The summed E-state index contributed by atoms with van der Waals surface area (Å²) < 4.78 is 0. The van der Waals surface area contributed by atoms with Crippen molar-refractivity contribution in [3.8, 4) is 0 Å². The van der Waals surface area contributed by atoms with Gasteiger partial charge in [0, 0.05) is 25.4 Å². The molecule has 0 atom stereocenters. The van der Waals surface area contributed by atoms with Crippen LogP contribution in [0, 0.1) is 0 Å². The number of aliphatic hydroxyl groups is 1. The predicted octanol–water partition coefficient (Wildman–Crippen LogP) is 0.972. The first-order valence-electron chi connectivity index (χ1n) is 6.23. The molecular formula is C13H19N3O2. The van der Waals surface area contributed by atoms with E-state index in [1.165, 1.54) is 0 Å². The molecule has 0 fully saturated rings. The SMILES string of the molecule is CCN(CCCO)c1cc2c(cc1N)CC(=O)N2. The Kier molecular flexibility index (Phi) is 3.72. The van der Waals surface area contributed by atoms with E-state index in [0.717, 1.165) is 30.0 Å². The molecule has 1 heterocycles. The highest BCUT2D eigenvalue weighted by molar-refractivity contribution is 6.00. The Morgan fingerprint density at radius 1 is 1.50 bits per heavy atom. The fraction of sp³-hybridized carbons (Fsp3) is 0.462. The molecule has 0 spiro atoms. The van der Waals surface area contributed by atoms with Crippen molar-refractivity contribution in [2.75, 3.05) is 35.6 Å². The highest BCUT2D eigenvalue weighted by Crippen LogP contribution is 2.33. The van der Waals surface area contributed by atoms with Crippen molar-refractivity contribution in [3.05, 3.63) is 17.7 Å². The van der Waals surface area contributed by atoms with E-state index in [1.807, 2.05) is 19.1 Å². The summed E-state index contributed by atoms with van der Waals surface area (Å²) in [5.41, 5.74) is 9.46. The third-order valence-electron chi connectivity index (χ3n) is 3.19. The Hall–Kier alpha value is -1.75. The molecule has 0 aromatic heterocycles. The number of hydrogen-bond acceptors (Lipinski definition) is 4. The first kappa shape index (κ1) is 12.7. The highest BCUT2D eigenvalue weighted by atomic mass is 16.3. The number of amides is 1. The lowest BCUT2D eigenvalue weighted by Crippen LogP contribution is -2.25. The van der Waals surface area contributed by atoms with Crippen LogP contribution in [0.1, 0.15) is 18.9 Å². The summed E-state index contributed by atoms with van der Waals surface area (Å²) in [7, 11) is 0. The summed E-state index contributed by atoms with van der Waals surface area (Å²) in [6, 6.07) is 3.79. The van der Waals surface area contributed by atoms with Crippen LogP contribution in [-0.2, 0) is 11.2 Å². The van der Waals surface area contributed by atoms with Gasteiger partial charge in [0.2, 0.25) is 5.91 Å². The summed E-state index contributed by atoms with van der Waals surface area (Å²) in [6.45, 7) is 3.78. The highest BCUT2D eigenvalue weighted by Gasteiger charge is 2.20. The van der Waals surface area contributed by atoms with Crippen LogP contribution in [0.15, 0.2) is 12.1 Å². The van der Waals surface area contributed by atoms with Crippen molar-refractivity contribution in [1.29, 1.82) is 0 Å². The van der Waals surface area contributed by atoms with Gasteiger partial charge in [-0.05, 0) is 31.0 Å². The zero-order valence-electron chi connectivity index (χ0n) is 10.6. The molecule has 1 aliphatic heterocycles. The molecule has 2 rings (SSSR count). The molecule has 1 aliphatic rings. The molecule has 0 radical (unpaired) electrons. The lowest BCUT2D eigenvalue weighted by molar-refractivity contribution is -0.115. The van der Waals surface area contributed by atoms with Crippen LogP contribution in [0.25, 0.3) is 0 Å². The zero-order chi connectivity index (χ0) is 13.1. The molecule has 0 aliphatic carbocycles. The molecule has 1 aromatic carbocycles. The van der Waals surface area contributed by atoms with Crippen LogP contribution < -0.4 is 16.0 Å². The summed E-state index contributed by atoms with van der Waals surface area (Å²) in [6.07, 6.45) is 1.11. The molecule has 0 saturated carbocycles. The van der Waals surface area contributed by atoms with Gasteiger partial charge in [0.25, 0.3) is 0 Å². The lowest BCUT2D eigenvalue weighted by Gasteiger charge is -2.25. The summed E-state index contributed by atoms with van der Waals surface area (Å²) in [5, 5.41) is 11.7. The second-order valence-corrected chi connectivity index (χ2v) is 4.45. The van der Waals surface area contributed by atoms with Crippen LogP contribution in [0.3, 0.4) is 0 Å². The molecule has 0 bridgehead atoms. The van der Waals surface area contributed by atoms with Gasteiger partial charge in [-0.15, -0.1) is 0 Å². The maximum absolute atomic E-state index is 11.3. The maximum atomic E-state index is 11.3. The van der Waals surface area contributed by atoms with Gasteiger partial charge in [0.15, 0.2) is 0 Å². The Bertz CT molecular complexity index is 460. The second-order valence-electron chi connectivity index (χ2n) is 4.45. The molecule has 1 aromatic rings. The van der Waals surface area contributed by atoms with Gasteiger partial charge >= 0.3 is 0 Å². The van der Waals surface area contributed by atoms with E-state index < -0.39 is 0 Å². The summed E-state index contributed by atoms with van der Waals surface area (Å²) >= 11 is 0. The van der Waals surface area contributed by atoms with Gasteiger partial charge in [0.05, 0.1) is 17.8 Å². The fourth-order valence-corrected chi connectivity index (χ4v) is 2.27. The number of fused-ring (bicyclic) bond motifs is 1. The van der Waals surface area contributed by atoms with Crippen LogP contribution in [-0.4, -0.2) is 30.7 Å². The number of hydrogen-bond donors (Lipinski definition) is 3. The number of benzene rings is 1. The standard InChI is InChI=1S/C13H19N3O2/c1-2-16(4-3-5-17)12-8-11-9(6-10(12)14)7-13(18)15-11/h6,8,17H,2-5,7,14H2,1H3,(H,15,18). The number of aliphatic hydroxyl groups excluding tert-OH is 1. The third-order valence-corrected chi connectivity index (χ3v) is 3.19. The van der Waals surface area contributed by atoms with E-state index in [2.05, 4.69) is 10.2 Å². The molecule has 98 valence electrons. The van der Waals surface area contributed by atoms with Crippen LogP contribution >= 0.6 is 0 Å². The molecule has 5 nitrogen and oxygen atoms in total. The van der Waals surface area contributed by atoms with Gasteiger partial charge in [-0.2, -0.15) is 0 Å². The number of carbonyl (C=O) groups is 1. The molecule has 1 amide bonds. The molecule has 4 N–H and O–H groups in total. The molecule has 0 unspecified atom stereocenters. The van der Waals surface area contributed by atoms with Gasteiger partial charge in [0.1, 0.15) is 0 Å². The topological polar surface area (TPSA) is 78.6 Å². The normalized spacial score (nSPS) is 13.3. The molecule has 18 heavy (non-hydrogen) atoms. The van der Waals surface area contributed by atoms with Crippen LogP contribution in [0.4, 0.5) is 17.1 Å². The number of nitrogens with one attached hydrogen (secondary N) is 1. The minimum Gasteiger partial charge on any atom is -0.397 e. The minimum atomic E-state index is 0.0138. The summed E-state index contributed by atoms with van der Waals surface area (Å²) in [5.74, 6) is 0.0138. The number of nitrogen functional groups attached to an aromatic ring is 1. The van der Waals surface area contributed by atoms with E-state index in [-0.39, 0.29) is 12.5 Å². The first-order valence-corrected chi connectivity index (χ1v) is 6.23. The number of anilines is 3. The van der Waals surface area contributed by atoms with Crippen molar-refractivity contribution < 1.29 is 9.90 Å². The lowest BCUT2D eigenvalue weighted by atomic mass is 10.1. The fourth-order valence-electron chi connectivity index (χ4n) is 2.27. The van der Waals surface area contributed by atoms with Gasteiger partial charge in [-0.3, -0.25) is 4.79 Å². The number of nitrogens with zero attached hydrogens (tertiary/aromatic N) is 1. The van der Waals surface area contributed by atoms with Crippen molar-refractivity contribution in [3.63, 3.8) is 0 Å². The zero-order valence-corrected chi connectivity index (χ0v) is 10.6. The van der Waals surface area contributed by atoms with Crippen LogP contribution in [0.5, 0.6) is 0 Å². The molecule has 0 saturated heterocycles. The Morgan fingerprint density at radius 2 is 2.28 bits per heavy atom. The van der Waals surface area contributed by atoms with Crippen molar-refractivity contribution in [2.24, 2.45) is 0 Å². The average molecular weight is 249 g/mol. The van der Waals surface area contributed by atoms with E-state index in [9.17, 15) is 4.79 Å². The maximum Gasteiger partial charge on any atom is 0.228 e. The van der Waals surface area contributed by atoms with E-state index in [0.29, 0.717) is 18.5 Å². The van der Waals surface area contributed by atoms with Crippen molar-refractivity contribution >= 4 is 23.0 Å². The average Bonchev–Trinajstić information content (AvgIpc) is 2.69. The number of carbonyl (C=O) groups excluding carboxylic acids is 1. The Labute approximate surface area is 107 Å². The van der Waals surface area contributed by atoms with E-state index in [4.69, 9.17) is 10.8 Å². The molecular weight excluding hydrogens is 230 g/mol. The molecule has 5 heteroatoms. The van der Waals surface area contributed by atoms with Gasteiger partial charge < -0.3 is 21.1 Å². The van der Waals surface area contributed by atoms with Gasteiger partial charge in [-0.25, -0.2) is 0 Å².